The number of ether oxygens (including phenoxy) is 1. The van der Waals surface area contributed by atoms with Crippen molar-refractivity contribution in [3.05, 3.63) is 59.7 Å². The van der Waals surface area contributed by atoms with Gasteiger partial charge in [-0.3, -0.25) is 0 Å². The molecule has 0 unspecified atom stereocenters. The van der Waals surface area contributed by atoms with Crippen LogP contribution in [-0.4, -0.2) is 5.11 Å². The van der Waals surface area contributed by atoms with Gasteiger partial charge in [-0.2, -0.15) is 0 Å². The third kappa shape index (κ3) is 3.78. The average molecular weight is 284 g/mol. The Morgan fingerprint density at radius 2 is 1.43 bits per heavy atom. The molecule has 0 aliphatic heterocycles. The van der Waals surface area contributed by atoms with Gasteiger partial charge >= 0.3 is 0 Å². The van der Waals surface area contributed by atoms with Crippen LogP contribution >= 0.6 is 0 Å². The Kier molecular flexibility index (Phi) is 3.99. The fourth-order valence-electron chi connectivity index (χ4n) is 2.26. The number of hydrogen-bond acceptors (Lipinski definition) is 2. The van der Waals surface area contributed by atoms with Gasteiger partial charge in [0, 0.05) is 0 Å². The molecule has 2 aromatic carbocycles. The molecule has 0 saturated carbocycles. The fraction of sp³-hybridized carbons (Fsp3) is 0.368. The van der Waals surface area contributed by atoms with Crippen LogP contribution in [0.3, 0.4) is 0 Å². The van der Waals surface area contributed by atoms with E-state index in [2.05, 4.69) is 32.9 Å². The molecule has 0 spiro atoms. The summed E-state index contributed by atoms with van der Waals surface area (Å²) in [5.74, 6) is 1.09. The summed E-state index contributed by atoms with van der Waals surface area (Å²) in [5.41, 5.74) is 1.87. The van der Waals surface area contributed by atoms with E-state index in [9.17, 15) is 5.11 Å². The lowest BCUT2D eigenvalue weighted by Crippen LogP contribution is -2.25. The molecule has 0 fully saturated rings. The van der Waals surface area contributed by atoms with Gasteiger partial charge in [-0.15, -0.1) is 0 Å². The van der Waals surface area contributed by atoms with E-state index in [-0.39, 0.29) is 11.2 Å². The van der Waals surface area contributed by atoms with Crippen molar-refractivity contribution < 1.29 is 9.84 Å². The van der Waals surface area contributed by atoms with Crippen molar-refractivity contribution in [2.45, 2.75) is 45.6 Å². The third-order valence-electron chi connectivity index (χ3n) is 3.63. The molecule has 0 aliphatic rings. The molecule has 21 heavy (non-hydrogen) atoms. The van der Waals surface area contributed by atoms with Gasteiger partial charge in [0.1, 0.15) is 17.1 Å². The van der Waals surface area contributed by atoms with Crippen LogP contribution in [-0.2, 0) is 11.0 Å². The van der Waals surface area contributed by atoms with Gasteiger partial charge in [0.25, 0.3) is 0 Å². The Hall–Kier alpha value is -1.96. The maximum Gasteiger partial charge on any atom is 0.129 e. The van der Waals surface area contributed by atoms with Crippen LogP contribution in [0.4, 0.5) is 0 Å². The Balaban J connectivity index is 2.20. The molecule has 0 amide bonds. The molecule has 1 N–H and O–H groups in total. The molecule has 0 heterocycles. The van der Waals surface area contributed by atoms with Gasteiger partial charge in [0.15, 0.2) is 0 Å². The third-order valence-corrected chi connectivity index (χ3v) is 3.63. The van der Waals surface area contributed by atoms with Gasteiger partial charge in [-0.25, -0.2) is 0 Å². The van der Waals surface area contributed by atoms with Gasteiger partial charge in [0.05, 0.1) is 0 Å². The van der Waals surface area contributed by atoms with Crippen LogP contribution in [0.15, 0.2) is 48.5 Å². The van der Waals surface area contributed by atoms with Crippen molar-refractivity contribution in [1.82, 2.24) is 0 Å². The Labute approximate surface area is 127 Å². The van der Waals surface area contributed by atoms with Gasteiger partial charge in [-0.1, -0.05) is 45.0 Å². The molecule has 0 bridgehead atoms. The first kappa shape index (κ1) is 15.4. The first-order chi connectivity index (χ1) is 9.68. The largest absolute Gasteiger partial charge is 0.508 e. The van der Waals surface area contributed by atoms with Crippen molar-refractivity contribution >= 4 is 0 Å². The van der Waals surface area contributed by atoms with E-state index < -0.39 is 5.60 Å². The first-order valence-corrected chi connectivity index (χ1v) is 7.27. The van der Waals surface area contributed by atoms with Gasteiger partial charge in [0.2, 0.25) is 0 Å². The van der Waals surface area contributed by atoms with Crippen LogP contribution in [0.25, 0.3) is 0 Å². The zero-order valence-corrected chi connectivity index (χ0v) is 13.5. The quantitative estimate of drug-likeness (QED) is 0.859. The summed E-state index contributed by atoms with van der Waals surface area (Å²) in [6.07, 6.45) is 0. The van der Waals surface area contributed by atoms with Crippen molar-refractivity contribution in [3.63, 3.8) is 0 Å². The van der Waals surface area contributed by atoms with E-state index in [1.807, 2.05) is 38.1 Å². The summed E-state index contributed by atoms with van der Waals surface area (Å²) in [6, 6.07) is 15.4. The van der Waals surface area contributed by atoms with Crippen LogP contribution in [0.1, 0.15) is 45.7 Å². The van der Waals surface area contributed by atoms with Crippen molar-refractivity contribution in [3.8, 4) is 11.5 Å². The highest BCUT2D eigenvalue weighted by molar-refractivity contribution is 5.34. The van der Waals surface area contributed by atoms with E-state index in [0.717, 1.165) is 11.3 Å². The molecular formula is C19H24O2. The highest BCUT2D eigenvalue weighted by atomic mass is 16.5. The lowest BCUT2D eigenvalue weighted by Gasteiger charge is -2.28. The van der Waals surface area contributed by atoms with Crippen molar-refractivity contribution in [2.75, 3.05) is 0 Å². The van der Waals surface area contributed by atoms with Gasteiger partial charge < -0.3 is 9.84 Å². The van der Waals surface area contributed by atoms with E-state index in [1.54, 1.807) is 12.1 Å². The number of phenols is 1. The molecule has 0 atom stereocenters. The van der Waals surface area contributed by atoms with E-state index in [4.69, 9.17) is 4.74 Å². The Morgan fingerprint density at radius 1 is 0.810 bits per heavy atom. The molecule has 2 aromatic rings. The monoisotopic (exact) mass is 284 g/mol. The maximum absolute atomic E-state index is 9.61. The smallest absolute Gasteiger partial charge is 0.129 e. The summed E-state index contributed by atoms with van der Waals surface area (Å²) >= 11 is 0. The second-order valence-electron chi connectivity index (χ2n) is 6.94. The van der Waals surface area contributed by atoms with Crippen LogP contribution in [0, 0.1) is 0 Å². The van der Waals surface area contributed by atoms with E-state index >= 15 is 0 Å². The number of phenolic OH excluding ortho intramolecular Hbond substituents is 1. The molecule has 2 nitrogen and oxygen atoms in total. The molecule has 0 aromatic heterocycles. The van der Waals surface area contributed by atoms with Crippen LogP contribution in [0.5, 0.6) is 11.5 Å². The lowest BCUT2D eigenvalue weighted by atomic mass is 9.87. The number of benzene rings is 2. The molecular weight excluding hydrogens is 260 g/mol. The highest BCUT2D eigenvalue weighted by Gasteiger charge is 2.23. The molecule has 0 saturated heterocycles. The summed E-state index contributed by atoms with van der Waals surface area (Å²) < 4.78 is 6.10. The molecule has 112 valence electrons. The minimum atomic E-state index is -0.498. The number of aromatic hydroxyl groups is 1. The maximum atomic E-state index is 9.61. The van der Waals surface area contributed by atoms with Crippen molar-refractivity contribution in [1.29, 1.82) is 0 Å². The SMILES string of the molecule is CC(C)(C)c1ccc(OC(C)(C)c2cccc(O)c2)cc1. The fourth-order valence-corrected chi connectivity index (χ4v) is 2.26. The molecule has 0 radical (unpaired) electrons. The normalized spacial score (nSPS) is 12.2. The average Bonchev–Trinajstić information content (AvgIpc) is 2.38. The second kappa shape index (κ2) is 5.44. The lowest BCUT2D eigenvalue weighted by molar-refractivity contribution is 0.108. The Bertz CT molecular complexity index is 604. The summed E-state index contributed by atoms with van der Waals surface area (Å²) in [5, 5.41) is 9.61. The second-order valence-corrected chi connectivity index (χ2v) is 6.94. The summed E-state index contributed by atoms with van der Waals surface area (Å²) in [6.45, 7) is 10.6. The van der Waals surface area contributed by atoms with Crippen LogP contribution < -0.4 is 4.74 Å². The van der Waals surface area contributed by atoms with Crippen LogP contribution in [0.2, 0.25) is 0 Å². The summed E-state index contributed by atoms with van der Waals surface area (Å²) in [7, 11) is 0. The predicted molar refractivity (Wildman–Crippen MR) is 86.9 cm³/mol. The zero-order valence-electron chi connectivity index (χ0n) is 13.5. The van der Waals surface area contributed by atoms with Gasteiger partial charge in [-0.05, 0) is 54.7 Å². The van der Waals surface area contributed by atoms with E-state index in [1.165, 1.54) is 5.56 Å². The predicted octanol–water partition coefficient (Wildman–Crippen LogP) is 5.00. The molecule has 2 rings (SSSR count). The number of hydrogen-bond donors (Lipinski definition) is 1. The minimum Gasteiger partial charge on any atom is -0.508 e. The topological polar surface area (TPSA) is 29.5 Å². The minimum absolute atomic E-state index is 0.138. The zero-order chi connectivity index (χ0) is 15.7. The Morgan fingerprint density at radius 3 is 1.95 bits per heavy atom. The standard InChI is InChI=1S/C19H24O2/c1-18(2,3)14-9-11-17(12-10-14)21-19(4,5)15-7-6-8-16(20)13-15/h6-13,20H,1-5H3. The number of rotatable bonds is 3. The first-order valence-electron chi connectivity index (χ1n) is 7.27. The van der Waals surface area contributed by atoms with E-state index in [0.29, 0.717) is 0 Å². The molecule has 2 heteroatoms. The summed E-state index contributed by atoms with van der Waals surface area (Å²) in [4.78, 5) is 0. The highest BCUT2D eigenvalue weighted by Crippen LogP contribution is 2.31. The molecule has 0 aliphatic carbocycles. The van der Waals surface area contributed by atoms with Crippen molar-refractivity contribution in [2.24, 2.45) is 0 Å².